The first-order chi connectivity index (χ1) is 25.3. The highest BCUT2D eigenvalue weighted by molar-refractivity contribution is 5.91. The highest BCUT2D eigenvalue weighted by Crippen LogP contribution is 2.41. The Balaban J connectivity index is 1.53. The maximum Gasteiger partial charge on any atom is 0.338 e. The summed E-state index contributed by atoms with van der Waals surface area (Å²) in [7, 11) is 8.31. The fourth-order valence-corrected chi connectivity index (χ4v) is 5.73. The molecule has 0 spiro atoms. The number of carbonyl (C=O) groups is 2. The average molecular weight is 757 g/mol. The molecule has 2 aliphatic rings. The van der Waals surface area contributed by atoms with E-state index in [0.717, 1.165) is 6.08 Å². The van der Waals surface area contributed by atoms with Crippen LogP contribution in [0.5, 0.6) is 34.5 Å². The Morgan fingerprint density at radius 3 is 1.77 bits per heavy atom. The third kappa shape index (κ3) is 8.69. The van der Waals surface area contributed by atoms with Crippen molar-refractivity contribution in [1.29, 1.82) is 0 Å². The molecule has 19 nitrogen and oxygen atoms in total. The normalized spacial score (nSPS) is 28.3. The van der Waals surface area contributed by atoms with Crippen LogP contribution < -0.4 is 28.4 Å². The van der Waals surface area contributed by atoms with E-state index in [1.165, 1.54) is 60.9 Å². The largest absolute Gasteiger partial charge is 0.493 e. The second-order valence-electron chi connectivity index (χ2n) is 11.6. The number of hydrogen-bond donors (Lipinski definition) is 6. The predicted molar refractivity (Wildman–Crippen MR) is 177 cm³/mol. The second kappa shape index (κ2) is 18.1. The molecule has 0 radical (unpaired) electrons. The zero-order valence-electron chi connectivity index (χ0n) is 29.7. The molecule has 4 rings (SSSR count). The molecule has 2 aliphatic heterocycles. The molecule has 0 aliphatic carbocycles. The standard InChI is InChI=1S/C34H44O19/c1-43-18-9-16(10-19(44-2)29(18)47-5)7-8-24(37)51-31-26(39)22(13-35)52-34(31,15-36)53-33-28(41)27(40)25(38)23(50-33)14-49-32(42)17-11-20(45-3)30(48-6)21(12-17)46-4/h7-12,22-23,25-28,31,33,35-36,38-41H,13-15H2,1-6H3/b8-7+/t22-,23-,25-,26-,27+,28-,31+,33-,34+/m1/s1. The van der Waals surface area contributed by atoms with E-state index in [2.05, 4.69) is 0 Å². The van der Waals surface area contributed by atoms with Gasteiger partial charge in [0.2, 0.25) is 17.3 Å². The van der Waals surface area contributed by atoms with Crippen LogP contribution in [-0.2, 0) is 28.5 Å². The van der Waals surface area contributed by atoms with Crippen LogP contribution in [0.2, 0.25) is 0 Å². The summed E-state index contributed by atoms with van der Waals surface area (Å²) in [6, 6.07) is 5.72. The van der Waals surface area contributed by atoms with Crippen molar-refractivity contribution in [2.45, 2.75) is 54.8 Å². The number of carbonyl (C=O) groups excluding carboxylic acids is 2. The molecule has 2 aromatic rings. The van der Waals surface area contributed by atoms with Gasteiger partial charge >= 0.3 is 11.9 Å². The Labute approximate surface area is 303 Å². The summed E-state index contributed by atoms with van der Waals surface area (Å²) >= 11 is 0. The summed E-state index contributed by atoms with van der Waals surface area (Å²) in [4.78, 5) is 26.0. The van der Waals surface area contributed by atoms with Gasteiger partial charge in [0, 0.05) is 6.08 Å². The highest BCUT2D eigenvalue weighted by Gasteiger charge is 2.61. The SMILES string of the molecule is COc1cc(/C=C/C(=O)O[C@H]2[C@H](O)[C@@H](CO)O[C@@]2(CO)O[C@H]2O[C@H](COC(=O)c3cc(OC)c(OC)c(OC)c3)[C@@H](O)[C@H](O)[C@H]2O)cc(OC)c1OC. The van der Waals surface area contributed by atoms with Gasteiger partial charge in [-0.3, -0.25) is 0 Å². The van der Waals surface area contributed by atoms with E-state index in [1.54, 1.807) is 12.1 Å². The number of benzene rings is 2. The minimum Gasteiger partial charge on any atom is -0.493 e. The zero-order chi connectivity index (χ0) is 39.0. The van der Waals surface area contributed by atoms with Crippen LogP contribution in [0.25, 0.3) is 6.08 Å². The van der Waals surface area contributed by atoms with E-state index in [1.807, 2.05) is 0 Å². The molecule has 0 amide bonds. The summed E-state index contributed by atoms with van der Waals surface area (Å²) in [6.45, 7) is -2.66. The second-order valence-corrected chi connectivity index (χ2v) is 11.6. The lowest BCUT2D eigenvalue weighted by Crippen LogP contribution is -2.63. The van der Waals surface area contributed by atoms with Crippen LogP contribution in [-0.4, -0.2) is 160 Å². The summed E-state index contributed by atoms with van der Waals surface area (Å²) in [6.07, 6.45) is -12.1. The average Bonchev–Trinajstić information content (AvgIpc) is 3.44. The van der Waals surface area contributed by atoms with Crippen molar-refractivity contribution in [3.63, 3.8) is 0 Å². The van der Waals surface area contributed by atoms with Gasteiger partial charge in [0.1, 0.15) is 49.8 Å². The number of rotatable bonds is 16. The summed E-state index contributed by atoms with van der Waals surface area (Å²) in [5.74, 6) is -3.06. The maximum atomic E-state index is 13.0. The van der Waals surface area contributed by atoms with Crippen LogP contribution in [0.3, 0.4) is 0 Å². The van der Waals surface area contributed by atoms with Gasteiger partial charge in [-0.1, -0.05) is 0 Å². The van der Waals surface area contributed by atoms with Crippen molar-refractivity contribution >= 4 is 18.0 Å². The molecular weight excluding hydrogens is 712 g/mol. The van der Waals surface area contributed by atoms with E-state index < -0.39 is 86.6 Å². The van der Waals surface area contributed by atoms with E-state index in [0.29, 0.717) is 22.8 Å². The maximum absolute atomic E-state index is 13.0. The number of methoxy groups -OCH3 is 6. The molecule has 2 aromatic carbocycles. The molecule has 2 heterocycles. The number of aliphatic hydroxyl groups excluding tert-OH is 6. The van der Waals surface area contributed by atoms with E-state index in [4.69, 9.17) is 52.1 Å². The smallest absolute Gasteiger partial charge is 0.338 e. The summed E-state index contributed by atoms with van der Waals surface area (Å²) in [5.41, 5.74) is 0.380. The van der Waals surface area contributed by atoms with Crippen molar-refractivity contribution in [2.24, 2.45) is 0 Å². The summed E-state index contributed by atoms with van der Waals surface area (Å²) < 4.78 is 59.5. The van der Waals surface area contributed by atoms with Gasteiger partial charge in [-0.15, -0.1) is 0 Å². The molecule has 0 unspecified atom stereocenters. The van der Waals surface area contributed by atoms with Gasteiger partial charge in [0.05, 0.1) is 54.8 Å². The third-order valence-corrected chi connectivity index (χ3v) is 8.48. The van der Waals surface area contributed by atoms with Crippen LogP contribution in [0.1, 0.15) is 15.9 Å². The Kier molecular flexibility index (Phi) is 14.1. The molecule has 6 N–H and O–H groups in total. The molecule has 2 fully saturated rings. The summed E-state index contributed by atoms with van der Waals surface area (Å²) in [5, 5.41) is 63.5. The molecule has 9 atom stereocenters. The van der Waals surface area contributed by atoms with Crippen molar-refractivity contribution in [1.82, 2.24) is 0 Å². The number of esters is 2. The van der Waals surface area contributed by atoms with Gasteiger partial charge in [0.15, 0.2) is 35.4 Å². The van der Waals surface area contributed by atoms with Gasteiger partial charge in [0.25, 0.3) is 0 Å². The van der Waals surface area contributed by atoms with Gasteiger partial charge in [-0.05, 0) is 35.9 Å². The quantitative estimate of drug-likeness (QED) is 0.0867. The van der Waals surface area contributed by atoms with Crippen molar-refractivity contribution in [3.8, 4) is 34.5 Å². The fourth-order valence-electron chi connectivity index (χ4n) is 5.73. The van der Waals surface area contributed by atoms with Crippen molar-refractivity contribution in [3.05, 3.63) is 41.5 Å². The van der Waals surface area contributed by atoms with Crippen LogP contribution in [0.15, 0.2) is 30.3 Å². The van der Waals surface area contributed by atoms with Crippen molar-refractivity contribution in [2.75, 3.05) is 62.5 Å². The lowest BCUT2D eigenvalue weighted by atomic mass is 9.98. The highest BCUT2D eigenvalue weighted by atomic mass is 16.8. The molecule has 53 heavy (non-hydrogen) atoms. The molecule has 0 bridgehead atoms. The zero-order valence-corrected chi connectivity index (χ0v) is 29.7. The third-order valence-electron chi connectivity index (χ3n) is 8.48. The Hall–Kier alpha value is -4.44. The number of ether oxygens (including phenoxy) is 11. The topological polar surface area (TPSA) is 257 Å². The first kappa shape index (κ1) is 41.3. The van der Waals surface area contributed by atoms with Gasteiger partial charge in [-0.2, -0.15) is 0 Å². The number of hydrogen-bond acceptors (Lipinski definition) is 19. The predicted octanol–water partition coefficient (Wildman–Crippen LogP) is -1.21. The minimum absolute atomic E-state index is 0.0372. The Morgan fingerprint density at radius 1 is 0.736 bits per heavy atom. The van der Waals surface area contributed by atoms with Gasteiger partial charge < -0.3 is 82.7 Å². The van der Waals surface area contributed by atoms with Crippen molar-refractivity contribution < 1.29 is 92.3 Å². The molecular formula is C34H44O19. The van der Waals surface area contributed by atoms with Crippen LogP contribution >= 0.6 is 0 Å². The Morgan fingerprint density at radius 2 is 1.28 bits per heavy atom. The first-order valence-corrected chi connectivity index (χ1v) is 16.0. The van der Waals surface area contributed by atoms with E-state index in [-0.39, 0.29) is 22.8 Å². The monoisotopic (exact) mass is 756 g/mol. The molecule has 19 heteroatoms. The Bertz CT molecular complexity index is 1550. The fraction of sp³-hybridized carbons (Fsp3) is 0.529. The molecule has 0 saturated carbocycles. The lowest BCUT2D eigenvalue weighted by molar-refractivity contribution is -0.383. The van der Waals surface area contributed by atoms with E-state index >= 15 is 0 Å². The minimum atomic E-state index is -2.49. The molecule has 294 valence electrons. The van der Waals surface area contributed by atoms with Crippen LogP contribution in [0, 0.1) is 0 Å². The molecule has 0 aromatic heterocycles. The van der Waals surface area contributed by atoms with E-state index in [9.17, 15) is 40.2 Å². The first-order valence-electron chi connectivity index (χ1n) is 16.0. The number of aliphatic hydroxyl groups is 6. The molecule has 2 saturated heterocycles. The van der Waals surface area contributed by atoms with Gasteiger partial charge in [-0.25, -0.2) is 9.59 Å². The van der Waals surface area contributed by atoms with Crippen LogP contribution in [0.4, 0.5) is 0 Å². The lowest BCUT2D eigenvalue weighted by Gasteiger charge is -2.43.